The lowest BCUT2D eigenvalue weighted by molar-refractivity contribution is 0.0378. The van der Waals surface area contributed by atoms with Crippen LogP contribution in [0, 0.1) is 11.7 Å². The van der Waals surface area contributed by atoms with Crippen molar-refractivity contribution in [2.75, 3.05) is 0 Å². The van der Waals surface area contributed by atoms with Gasteiger partial charge in [-0.25, -0.2) is 4.39 Å². The van der Waals surface area contributed by atoms with Gasteiger partial charge in [-0.05, 0) is 50.2 Å². The Balaban J connectivity index is 2.42. The van der Waals surface area contributed by atoms with Gasteiger partial charge in [-0.1, -0.05) is 26.0 Å². The summed E-state index contributed by atoms with van der Waals surface area (Å²) in [6.07, 6.45) is 1.19. The van der Waals surface area contributed by atoms with Crippen molar-refractivity contribution in [3.05, 3.63) is 35.6 Å². The summed E-state index contributed by atoms with van der Waals surface area (Å²) in [7, 11) is -0.785. The van der Waals surface area contributed by atoms with Crippen molar-refractivity contribution in [2.45, 2.75) is 46.0 Å². The molecule has 1 aromatic rings. The fourth-order valence-corrected chi connectivity index (χ4v) is 1.49. The number of hydrogen-bond donors (Lipinski definition) is 1. The number of hydrogen-bond acceptors (Lipinski definition) is 2. The van der Waals surface area contributed by atoms with E-state index in [0.717, 1.165) is 5.56 Å². The normalized spacial score (nSPS) is 11.9. The zero-order valence-electron chi connectivity index (χ0n) is 11.6. The summed E-state index contributed by atoms with van der Waals surface area (Å²) in [4.78, 5) is 0. The largest absolute Gasteiger partial charge is 0.454 e. The molecular formula is C14H22BFO2. The molecule has 0 amide bonds. The third kappa shape index (κ3) is 4.79. The molecular weight excluding hydrogens is 230 g/mol. The molecule has 0 spiro atoms. The first kappa shape index (κ1) is 15.2. The Morgan fingerprint density at radius 1 is 1.28 bits per heavy atom. The summed E-state index contributed by atoms with van der Waals surface area (Å²) in [5.41, 5.74) is 0.656. The standard InChI is InChI=1S/C14H22BFO2/c1-11(2)14(3,4)18-15(17)10-9-12-5-7-13(16)8-6-12/h5-8,11,17H,9-10H2,1-4H3. The lowest BCUT2D eigenvalue weighted by atomic mass is 9.79. The molecule has 0 unspecified atom stereocenters. The van der Waals surface area contributed by atoms with Crippen molar-refractivity contribution in [1.29, 1.82) is 0 Å². The van der Waals surface area contributed by atoms with Crippen LogP contribution in [0.4, 0.5) is 4.39 Å². The second-order valence-corrected chi connectivity index (χ2v) is 5.50. The number of benzene rings is 1. The van der Waals surface area contributed by atoms with Crippen molar-refractivity contribution < 1.29 is 14.1 Å². The minimum absolute atomic E-state index is 0.239. The maximum absolute atomic E-state index is 12.7. The number of halogens is 1. The topological polar surface area (TPSA) is 29.5 Å². The molecule has 1 aromatic carbocycles. The van der Waals surface area contributed by atoms with E-state index in [1.165, 1.54) is 12.1 Å². The van der Waals surface area contributed by atoms with Gasteiger partial charge in [0.1, 0.15) is 5.82 Å². The molecule has 1 N–H and O–H groups in total. The van der Waals surface area contributed by atoms with Crippen LogP contribution in [-0.4, -0.2) is 17.7 Å². The van der Waals surface area contributed by atoms with Crippen molar-refractivity contribution in [3.8, 4) is 0 Å². The average molecular weight is 252 g/mol. The Hall–Kier alpha value is -0.865. The van der Waals surface area contributed by atoms with Crippen LogP contribution in [0.3, 0.4) is 0 Å². The van der Waals surface area contributed by atoms with Gasteiger partial charge in [-0.15, -0.1) is 0 Å². The molecule has 0 aliphatic carbocycles. The van der Waals surface area contributed by atoms with Crippen LogP contribution in [-0.2, 0) is 11.1 Å². The Labute approximate surface area is 109 Å². The van der Waals surface area contributed by atoms with Crippen LogP contribution in [0.5, 0.6) is 0 Å². The van der Waals surface area contributed by atoms with E-state index < -0.39 is 7.12 Å². The highest BCUT2D eigenvalue weighted by molar-refractivity contribution is 6.42. The van der Waals surface area contributed by atoms with E-state index in [0.29, 0.717) is 18.7 Å². The second kappa shape index (κ2) is 6.35. The molecule has 0 heterocycles. The number of rotatable bonds is 6. The highest BCUT2D eigenvalue weighted by Crippen LogP contribution is 2.22. The monoisotopic (exact) mass is 252 g/mol. The molecule has 0 bridgehead atoms. The summed E-state index contributed by atoms with van der Waals surface area (Å²) in [6, 6.07) is 6.33. The van der Waals surface area contributed by atoms with E-state index in [2.05, 4.69) is 13.8 Å². The van der Waals surface area contributed by atoms with E-state index in [1.54, 1.807) is 12.1 Å². The van der Waals surface area contributed by atoms with Crippen LogP contribution in [0.1, 0.15) is 33.3 Å². The molecule has 0 saturated heterocycles. The molecule has 0 aliphatic rings. The molecule has 0 fully saturated rings. The van der Waals surface area contributed by atoms with Gasteiger partial charge in [-0.2, -0.15) is 0 Å². The average Bonchev–Trinajstić information content (AvgIpc) is 2.27. The molecule has 0 radical (unpaired) electrons. The zero-order chi connectivity index (χ0) is 13.8. The third-order valence-corrected chi connectivity index (χ3v) is 3.42. The van der Waals surface area contributed by atoms with E-state index >= 15 is 0 Å². The van der Waals surface area contributed by atoms with Crippen LogP contribution >= 0.6 is 0 Å². The molecule has 0 aliphatic heterocycles. The minimum atomic E-state index is -0.785. The van der Waals surface area contributed by atoms with Crippen LogP contribution < -0.4 is 0 Å². The maximum Gasteiger partial charge on any atom is 0.454 e. The van der Waals surface area contributed by atoms with Crippen molar-refractivity contribution in [1.82, 2.24) is 0 Å². The zero-order valence-corrected chi connectivity index (χ0v) is 11.6. The van der Waals surface area contributed by atoms with Crippen LogP contribution in [0.15, 0.2) is 24.3 Å². The molecule has 0 saturated carbocycles. The fourth-order valence-electron chi connectivity index (χ4n) is 1.49. The predicted molar refractivity (Wildman–Crippen MR) is 72.9 cm³/mol. The van der Waals surface area contributed by atoms with Gasteiger partial charge < -0.3 is 9.68 Å². The molecule has 100 valence electrons. The van der Waals surface area contributed by atoms with Gasteiger partial charge in [0, 0.05) is 0 Å². The quantitative estimate of drug-likeness (QED) is 0.787. The fraction of sp³-hybridized carbons (Fsp3) is 0.571. The molecule has 1 rings (SSSR count). The Kier molecular flexibility index (Phi) is 5.36. The summed E-state index contributed by atoms with van der Waals surface area (Å²) >= 11 is 0. The summed E-state index contributed by atoms with van der Waals surface area (Å²) in [6.45, 7) is 8.07. The van der Waals surface area contributed by atoms with E-state index in [9.17, 15) is 9.41 Å². The summed E-state index contributed by atoms with van der Waals surface area (Å²) in [5, 5.41) is 9.85. The number of aryl methyl sites for hydroxylation is 1. The Bertz CT molecular complexity index is 363. The van der Waals surface area contributed by atoms with E-state index in [-0.39, 0.29) is 11.4 Å². The SMILES string of the molecule is CC(C)C(C)(C)OB(O)CCc1ccc(F)cc1. The van der Waals surface area contributed by atoms with Crippen molar-refractivity contribution >= 4 is 7.12 Å². The Morgan fingerprint density at radius 3 is 2.33 bits per heavy atom. The lowest BCUT2D eigenvalue weighted by Gasteiger charge is -2.31. The first-order valence-corrected chi connectivity index (χ1v) is 6.41. The highest BCUT2D eigenvalue weighted by atomic mass is 19.1. The van der Waals surface area contributed by atoms with Crippen LogP contribution in [0.25, 0.3) is 0 Å². The van der Waals surface area contributed by atoms with E-state index in [1.807, 2.05) is 13.8 Å². The molecule has 2 nitrogen and oxygen atoms in total. The van der Waals surface area contributed by atoms with Crippen LogP contribution in [0.2, 0.25) is 6.32 Å². The maximum atomic E-state index is 12.7. The second-order valence-electron chi connectivity index (χ2n) is 5.50. The summed E-state index contributed by atoms with van der Waals surface area (Å²) in [5.74, 6) is 0.0921. The minimum Gasteiger partial charge on any atom is -0.427 e. The lowest BCUT2D eigenvalue weighted by Crippen LogP contribution is -2.38. The van der Waals surface area contributed by atoms with Gasteiger partial charge in [0.05, 0.1) is 5.60 Å². The Morgan fingerprint density at radius 2 is 1.83 bits per heavy atom. The third-order valence-electron chi connectivity index (χ3n) is 3.42. The molecule has 0 aromatic heterocycles. The first-order valence-electron chi connectivity index (χ1n) is 6.41. The van der Waals surface area contributed by atoms with Crippen molar-refractivity contribution in [2.24, 2.45) is 5.92 Å². The molecule has 0 atom stereocenters. The van der Waals surface area contributed by atoms with E-state index in [4.69, 9.17) is 4.65 Å². The van der Waals surface area contributed by atoms with Gasteiger partial charge in [0.2, 0.25) is 0 Å². The van der Waals surface area contributed by atoms with Gasteiger partial charge in [-0.3, -0.25) is 0 Å². The smallest absolute Gasteiger partial charge is 0.427 e. The molecule has 4 heteroatoms. The predicted octanol–water partition coefficient (Wildman–Crippen LogP) is 3.30. The first-order chi connectivity index (χ1) is 8.31. The molecule has 18 heavy (non-hydrogen) atoms. The highest BCUT2D eigenvalue weighted by Gasteiger charge is 2.28. The van der Waals surface area contributed by atoms with Crippen molar-refractivity contribution in [3.63, 3.8) is 0 Å². The van der Waals surface area contributed by atoms with Gasteiger partial charge >= 0.3 is 7.12 Å². The summed E-state index contributed by atoms with van der Waals surface area (Å²) < 4.78 is 18.3. The van der Waals surface area contributed by atoms with Gasteiger partial charge in [0.15, 0.2) is 0 Å². The van der Waals surface area contributed by atoms with Gasteiger partial charge in [0.25, 0.3) is 0 Å².